The summed E-state index contributed by atoms with van der Waals surface area (Å²) in [4.78, 5) is 30.5. The highest BCUT2D eigenvalue weighted by Crippen LogP contribution is 2.26. The minimum Gasteiger partial charge on any atom is -0.304 e. The van der Waals surface area contributed by atoms with Gasteiger partial charge in [-0.1, -0.05) is 0 Å². The summed E-state index contributed by atoms with van der Waals surface area (Å²) in [6.45, 7) is 6.26. The number of aromatic nitrogens is 3. The van der Waals surface area contributed by atoms with Gasteiger partial charge in [-0.2, -0.15) is 0 Å². The number of carbonyl (C=O) groups excluding carboxylic acids is 1. The number of hydrogen-bond acceptors (Lipinski definition) is 7. The molecule has 6 nitrogen and oxygen atoms in total. The first-order chi connectivity index (χ1) is 10.6. The van der Waals surface area contributed by atoms with Crippen LogP contribution in [-0.4, -0.2) is 70.3 Å². The molecule has 0 bridgehead atoms. The molecule has 1 saturated heterocycles. The van der Waals surface area contributed by atoms with E-state index in [1.165, 1.54) is 11.3 Å². The van der Waals surface area contributed by atoms with E-state index < -0.39 is 0 Å². The topological polar surface area (TPSA) is 62.2 Å². The molecule has 1 aliphatic rings. The molecule has 0 saturated carbocycles. The van der Waals surface area contributed by atoms with Crippen LogP contribution in [0.1, 0.15) is 15.4 Å². The first-order valence-electron chi connectivity index (χ1n) is 7.31. The summed E-state index contributed by atoms with van der Waals surface area (Å²) < 4.78 is 0. The number of ketones is 1. The van der Waals surface area contributed by atoms with Crippen molar-refractivity contribution in [3.63, 3.8) is 0 Å². The lowest BCUT2D eigenvalue weighted by Gasteiger charge is -2.31. The van der Waals surface area contributed by atoms with E-state index in [9.17, 15) is 4.79 Å². The maximum absolute atomic E-state index is 12.5. The Balaban J connectivity index is 1.72. The van der Waals surface area contributed by atoms with Gasteiger partial charge >= 0.3 is 0 Å². The third-order valence-corrected chi connectivity index (χ3v) is 5.02. The van der Waals surface area contributed by atoms with Crippen LogP contribution in [0.5, 0.6) is 0 Å². The predicted octanol–water partition coefficient (Wildman–Crippen LogP) is 1.34. The third-order valence-electron chi connectivity index (χ3n) is 3.80. The van der Waals surface area contributed by atoms with Gasteiger partial charge in [-0.15, -0.1) is 11.3 Å². The molecule has 0 aliphatic carbocycles. The van der Waals surface area contributed by atoms with Gasteiger partial charge < -0.3 is 4.90 Å². The lowest BCUT2D eigenvalue weighted by Crippen LogP contribution is -2.46. The molecule has 2 aromatic heterocycles. The molecule has 1 fully saturated rings. The van der Waals surface area contributed by atoms with E-state index in [4.69, 9.17) is 0 Å². The first kappa shape index (κ1) is 15.2. The fraction of sp³-hybridized carbons (Fsp3) is 0.467. The van der Waals surface area contributed by atoms with Crippen molar-refractivity contribution in [3.05, 3.63) is 29.2 Å². The Bertz CT molecular complexity index is 649. The number of Topliss-reactive ketones (excluding diaryl/α,β-unsaturated/α-hetero) is 1. The number of likely N-dealkylation sites (N-methyl/N-ethyl adjacent to an activating group) is 1. The number of hydrogen-bond donors (Lipinski definition) is 0. The van der Waals surface area contributed by atoms with Gasteiger partial charge in [0.2, 0.25) is 0 Å². The summed E-state index contributed by atoms with van der Waals surface area (Å²) >= 11 is 1.41. The Morgan fingerprint density at radius 3 is 2.73 bits per heavy atom. The van der Waals surface area contributed by atoms with E-state index >= 15 is 0 Å². The monoisotopic (exact) mass is 317 g/mol. The van der Waals surface area contributed by atoms with E-state index in [1.54, 1.807) is 18.6 Å². The van der Waals surface area contributed by atoms with E-state index in [0.717, 1.165) is 41.8 Å². The van der Waals surface area contributed by atoms with Crippen molar-refractivity contribution in [1.29, 1.82) is 0 Å². The molecular formula is C15H19N5OS. The van der Waals surface area contributed by atoms with Crippen LogP contribution in [0, 0.1) is 6.92 Å². The van der Waals surface area contributed by atoms with Gasteiger partial charge in [0.15, 0.2) is 5.78 Å². The molecule has 0 N–H and O–H groups in total. The smallest absolute Gasteiger partial charge is 0.188 e. The van der Waals surface area contributed by atoms with Crippen LogP contribution in [0.2, 0.25) is 0 Å². The minimum atomic E-state index is 0.148. The molecule has 0 amide bonds. The van der Waals surface area contributed by atoms with Crippen molar-refractivity contribution >= 4 is 17.1 Å². The van der Waals surface area contributed by atoms with E-state index in [1.807, 2.05) is 6.92 Å². The standard InChI is InChI=1S/C15H19N5OS/c1-11-14(13(21)10-20-7-5-19(2)6-8-20)22-15(18-11)12-9-16-3-4-17-12/h3-4,9H,5-8,10H2,1-2H3. The second-order valence-electron chi connectivity index (χ2n) is 5.53. The lowest BCUT2D eigenvalue weighted by molar-refractivity contribution is 0.0879. The molecule has 3 rings (SSSR count). The second-order valence-corrected chi connectivity index (χ2v) is 6.53. The van der Waals surface area contributed by atoms with Crippen molar-refractivity contribution in [3.8, 4) is 10.7 Å². The molecule has 0 unspecified atom stereocenters. The zero-order chi connectivity index (χ0) is 15.5. The zero-order valence-corrected chi connectivity index (χ0v) is 13.6. The molecule has 2 aromatic rings. The number of piperazine rings is 1. The molecule has 0 aromatic carbocycles. The Kier molecular flexibility index (Phi) is 4.56. The molecule has 3 heterocycles. The van der Waals surface area contributed by atoms with Gasteiger partial charge in [0.05, 0.1) is 23.3 Å². The number of thiazole rings is 1. The Morgan fingerprint density at radius 1 is 1.27 bits per heavy atom. The summed E-state index contributed by atoms with van der Waals surface area (Å²) in [6.07, 6.45) is 4.94. The first-order valence-corrected chi connectivity index (χ1v) is 8.13. The number of rotatable bonds is 4. The van der Waals surface area contributed by atoms with Crippen LogP contribution in [0.4, 0.5) is 0 Å². The van der Waals surface area contributed by atoms with Gasteiger partial charge in [0.1, 0.15) is 10.7 Å². The maximum atomic E-state index is 12.5. The summed E-state index contributed by atoms with van der Waals surface area (Å²) in [5.74, 6) is 0.148. The Hall–Kier alpha value is -1.70. The molecule has 1 aliphatic heterocycles. The van der Waals surface area contributed by atoms with Crippen LogP contribution >= 0.6 is 11.3 Å². The average molecular weight is 317 g/mol. The molecular weight excluding hydrogens is 298 g/mol. The number of carbonyl (C=O) groups is 1. The average Bonchev–Trinajstić information content (AvgIpc) is 2.92. The number of nitrogens with zero attached hydrogens (tertiary/aromatic N) is 5. The van der Waals surface area contributed by atoms with Crippen LogP contribution in [-0.2, 0) is 0 Å². The summed E-state index contributed by atoms with van der Waals surface area (Å²) in [7, 11) is 2.11. The van der Waals surface area contributed by atoms with Crippen LogP contribution < -0.4 is 0 Å². The summed E-state index contributed by atoms with van der Waals surface area (Å²) in [5, 5.41) is 0.757. The molecule has 7 heteroatoms. The van der Waals surface area contributed by atoms with Crippen molar-refractivity contribution < 1.29 is 4.79 Å². The van der Waals surface area contributed by atoms with Gasteiger partial charge in [-0.25, -0.2) is 4.98 Å². The highest BCUT2D eigenvalue weighted by atomic mass is 32.1. The highest BCUT2D eigenvalue weighted by Gasteiger charge is 2.21. The summed E-state index contributed by atoms with van der Waals surface area (Å²) in [6, 6.07) is 0. The number of aryl methyl sites for hydroxylation is 1. The summed E-state index contributed by atoms with van der Waals surface area (Å²) in [5.41, 5.74) is 1.50. The van der Waals surface area contributed by atoms with Gasteiger partial charge in [0.25, 0.3) is 0 Å². The largest absolute Gasteiger partial charge is 0.304 e. The van der Waals surface area contributed by atoms with Gasteiger partial charge in [0, 0.05) is 38.6 Å². The van der Waals surface area contributed by atoms with Crippen LogP contribution in [0.3, 0.4) is 0 Å². The lowest BCUT2D eigenvalue weighted by atomic mass is 10.2. The fourth-order valence-corrected chi connectivity index (χ4v) is 3.41. The SMILES string of the molecule is Cc1nc(-c2cnccn2)sc1C(=O)CN1CCN(C)CC1. The second kappa shape index (κ2) is 6.60. The van der Waals surface area contributed by atoms with E-state index in [2.05, 4.69) is 31.8 Å². The fourth-order valence-electron chi connectivity index (χ4n) is 2.46. The Labute approximate surface area is 133 Å². The zero-order valence-electron chi connectivity index (χ0n) is 12.8. The highest BCUT2D eigenvalue weighted by molar-refractivity contribution is 7.17. The van der Waals surface area contributed by atoms with Crippen molar-refractivity contribution in [2.75, 3.05) is 39.8 Å². The van der Waals surface area contributed by atoms with Crippen molar-refractivity contribution in [2.45, 2.75) is 6.92 Å². The van der Waals surface area contributed by atoms with E-state index in [0.29, 0.717) is 12.2 Å². The molecule has 0 radical (unpaired) electrons. The normalized spacial score (nSPS) is 16.8. The predicted molar refractivity (Wildman–Crippen MR) is 86.1 cm³/mol. The van der Waals surface area contributed by atoms with Crippen LogP contribution in [0.15, 0.2) is 18.6 Å². The van der Waals surface area contributed by atoms with Gasteiger partial charge in [-0.05, 0) is 14.0 Å². The maximum Gasteiger partial charge on any atom is 0.188 e. The van der Waals surface area contributed by atoms with Crippen LogP contribution in [0.25, 0.3) is 10.7 Å². The molecule has 22 heavy (non-hydrogen) atoms. The molecule has 0 spiro atoms. The quantitative estimate of drug-likeness (QED) is 0.793. The van der Waals surface area contributed by atoms with Gasteiger partial charge in [-0.3, -0.25) is 19.7 Å². The molecule has 116 valence electrons. The third kappa shape index (κ3) is 3.37. The molecule has 0 atom stereocenters. The minimum absolute atomic E-state index is 0.148. The van der Waals surface area contributed by atoms with E-state index in [-0.39, 0.29) is 5.78 Å². The van der Waals surface area contributed by atoms with Crippen molar-refractivity contribution in [1.82, 2.24) is 24.8 Å². The Morgan fingerprint density at radius 2 is 2.05 bits per heavy atom. The van der Waals surface area contributed by atoms with Crippen molar-refractivity contribution in [2.24, 2.45) is 0 Å².